The van der Waals surface area contributed by atoms with E-state index in [1.807, 2.05) is 31.1 Å². The van der Waals surface area contributed by atoms with E-state index < -0.39 is 0 Å². The number of hydrogen-bond donors (Lipinski definition) is 1. The number of hydrogen-bond acceptors (Lipinski definition) is 6. The normalized spacial score (nSPS) is 10.9. The molecule has 0 spiro atoms. The molecule has 0 aliphatic rings. The summed E-state index contributed by atoms with van der Waals surface area (Å²) in [5.74, 6) is 1.65. The number of aromatic nitrogens is 5. The Morgan fingerprint density at radius 1 is 1.24 bits per heavy atom. The average Bonchev–Trinajstić information content (AvgIpc) is 2.96. The van der Waals surface area contributed by atoms with Crippen LogP contribution < -0.4 is 4.90 Å². The zero-order chi connectivity index (χ0) is 11.8. The Kier molecular flexibility index (Phi) is 2.25. The molecule has 0 aliphatic heterocycles. The molecule has 3 aromatic heterocycles. The highest BCUT2D eigenvalue weighted by molar-refractivity contribution is 7.09. The molecule has 0 saturated heterocycles. The van der Waals surface area contributed by atoms with Crippen molar-refractivity contribution in [1.29, 1.82) is 0 Å². The van der Waals surface area contributed by atoms with Gasteiger partial charge in [0.25, 0.3) is 0 Å². The highest BCUT2D eigenvalue weighted by atomic mass is 32.1. The molecule has 6 nitrogen and oxygen atoms in total. The Balaban J connectivity index is 2.13. The highest BCUT2D eigenvalue weighted by Crippen LogP contribution is 2.22. The van der Waals surface area contributed by atoms with Crippen molar-refractivity contribution in [3.05, 3.63) is 18.3 Å². The summed E-state index contributed by atoms with van der Waals surface area (Å²) in [6.07, 6.45) is 1.69. The number of nitrogens with zero attached hydrogens (tertiary/aromatic N) is 5. The number of anilines is 1. The summed E-state index contributed by atoms with van der Waals surface area (Å²) in [5.41, 5.74) is 1.62. The summed E-state index contributed by atoms with van der Waals surface area (Å²) in [6.45, 7) is 0. The molecule has 0 bridgehead atoms. The molecule has 86 valence electrons. The number of imidazole rings is 1. The fourth-order valence-electron chi connectivity index (χ4n) is 1.52. The first-order valence-electron chi connectivity index (χ1n) is 5.06. The molecule has 0 unspecified atom stereocenters. The monoisotopic (exact) mass is 246 g/mol. The van der Waals surface area contributed by atoms with Crippen molar-refractivity contribution in [2.24, 2.45) is 0 Å². The van der Waals surface area contributed by atoms with Gasteiger partial charge in [-0.15, -0.1) is 5.10 Å². The van der Waals surface area contributed by atoms with Crippen LogP contribution in [0.3, 0.4) is 0 Å². The van der Waals surface area contributed by atoms with Crippen LogP contribution in [0.25, 0.3) is 21.9 Å². The largest absolute Gasteiger partial charge is 0.363 e. The molecule has 17 heavy (non-hydrogen) atoms. The molecule has 3 rings (SSSR count). The van der Waals surface area contributed by atoms with Gasteiger partial charge in [0.1, 0.15) is 10.7 Å². The van der Waals surface area contributed by atoms with E-state index in [9.17, 15) is 0 Å². The van der Waals surface area contributed by atoms with Crippen molar-refractivity contribution in [3.63, 3.8) is 0 Å². The third kappa shape index (κ3) is 1.74. The van der Waals surface area contributed by atoms with Crippen LogP contribution in [0.1, 0.15) is 0 Å². The van der Waals surface area contributed by atoms with Crippen molar-refractivity contribution >= 4 is 28.5 Å². The van der Waals surface area contributed by atoms with E-state index in [2.05, 4.69) is 24.5 Å². The van der Waals surface area contributed by atoms with Crippen LogP contribution in [0.5, 0.6) is 0 Å². The second-order valence-electron chi connectivity index (χ2n) is 3.80. The fourth-order valence-corrected chi connectivity index (χ4v) is 1.98. The zero-order valence-electron chi connectivity index (χ0n) is 9.38. The zero-order valence-corrected chi connectivity index (χ0v) is 10.2. The Morgan fingerprint density at radius 2 is 2.12 bits per heavy atom. The smallest absolute Gasteiger partial charge is 0.180 e. The van der Waals surface area contributed by atoms with Crippen LogP contribution in [0.4, 0.5) is 5.82 Å². The van der Waals surface area contributed by atoms with Crippen molar-refractivity contribution in [2.45, 2.75) is 0 Å². The highest BCUT2D eigenvalue weighted by Gasteiger charge is 2.09. The maximum absolute atomic E-state index is 4.45. The summed E-state index contributed by atoms with van der Waals surface area (Å²) < 4.78 is 3.82. The predicted octanol–water partition coefficient (Wildman–Crippen LogP) is 1.54. The molecule has 7 heteroatoms. The maximum atomic E-state index is 4.45. The Labute approximate surface area is 101 Å². The second kappa shape index (κ2) is 3.77. The lowest BCUT2D eigenvalue weighted by Crippen LogP contribution is -2.10. The standard InChI is InChI=1S/C10H10N6S/c1-16(2)8-4-3-6-9(13-8)14-10(12-6)7-5-11-15-17-7/h3-5H,1-2H3,(H,12,13,14). The molecule has 3 aromatic rings. The van der Waals surface area contributed by atoms with Gasteiger partial charge in [0.2, 0.25) is 0 Å². The number of H-pyrrole nitrogens is 1. The van der Waals surface area contributed by atoms with Gasteiger partial charge in [-0.25, -0.2) is 9.97 Å². The Morgan fingerprint density at radius 3 is 2.82 bits per heavy atom. The first kappa shape index (κ1) is 10.2. The molecular weight excluding hydrogens is 236 g/mol. The van der Waals surface area contributed by atoms with Gasteiger partial charge in [0.15, 0.2) is 11.5 Å². The van der Waals surface area contributed by atoms with Crippen molar-refractivity contribution < 1.29 is 0 Å². The first-order valence-corrected chi connectivity index (χ1v) is 5.83. The second-order valence-corrected chi connectivity index (χ2v) is 4.59. The number of fused-ring (bicyclic) bond motifs is 1. The summed E-state index contributed by atoms with van der Waals surface area (Å²) in [5, 5.41) is 3.79. The van der Waals surface area contributed by atoms with Gasteiger partial charge in [-0.3, -0.25) is 0 Å². The van der Waals surface area contributed by atoms with Crippen molar-refractivity contribution in [1.82, 2.24) is 24.5 Å². The quantitative estimate of drug-likeness (QED) is 0.742. The topological polar surface area (TPSA) is 70.6 Å². The number of nitrogens with one attached hydrogen (secondary N) is 1. The lowest BCUT2D eigenvalue weighted by atomic mass is 10.4. The molecule has 0 radical (unpaired) electrons. The van der Waals surface area contributed by atoms with E-state index in [0.29, 0.717) is 5.65 Å². The van der Waals surface area contributed by atoms with Crippen LogP contribution in [0, 0.1) is 0 Å². The average molecular weight is 246 g/mol. The minimum Gasteiger partial charge on any atom is -0.363 e. The predicted molar refractivity (Wildman–Crippen MR) is 67.1 cm³/mol. The van der Waals surface area contributed by atoms with Crippen LogP contribution in [-0.4, -0.2) is 38.6 Å². The first-order chi connectivity index (χ1) is 8.24. The van der Waals surface area contributed by atoms with E-state index in [0.717, 1.165) is 22.0 Å². The lowest BCUT2D eigenvalue weighted by Gasteiger charge is -2.09. The van der Waals surface area contributed by atoms with Gasteiger partial charge < -0.3 is 9.88 Å². The third-order valence-corrected chi connectivity index (χ3v) is 3.06. The summed E-state index contributed by atoms with van der Waals surface area (Å²) in [7, 11) is 3.91. The Bertz CT molecular complexity index is 642. The van der Waals surface area contributed by atoms with Crippen molar-refractivity contribution in [3.8, 4) is 10.7 Å². The molecule has 1 N–H and O–H groups in total. The number of rotatable bonds is 2. The summed E-state index contributed by atoms with van der Waals surface area (Å²) >= 11 is 1.31. The molecule has 0 amide bonds. The van der Waals surface area contributed by atoms with Gasteiger partial charge in [-0.2, -0.15) is 0 Å². The van der Waals surface area contributed by atoms with Crippen LogP contribution >= 0.6 is 11.5 Å². The van der Waals surface area contributed by atoms with Gasteiger partial charge in [0, 0.05) is 14.1 Å². The van der Waals surface area contributed by atoms with Crippen LogP contribution in [-0.2, 0) is 0 Å². The van der Waals surface area contributed by atoms with E-state index in [1.54, 1.807) is 6.20 Å². The van der Waals surface area contributed by atoms with Crippen LogP contribution in [0.15, 0.2) is 18.3 Å². The third-order valence-electron chi connectivity index (χ3n) is 2.38. The number of pyridine rings is 1. The van der Waals surface area contributed by atoms with E-state index in [4.69, 9.17) is 0 Å². The van der Waals surface area contributed by atoms with E-state index >= 15 is 0 Å². The maximum Gasteiger partial charge on any atom is 0.180 e. The van der Waals surface area contributed by atoms with Gasteiger partial charge in [-0.1, -0.05) is 4.49 Å². The molecule has 0 saturated carbocycles. The summed E-state index contributed by atoms with van der Waals surface area (Å²) in [6, 6.07) is 3.93. The van der Waals surface area contributed by atoms with Crippen molar-refractivity contribution in [2.75, 3.05) is 19.0 Å². The fraction of sp³-hybridized carbons (Fsp3) is 0.200. The molecule has 0 atom stereocenters. The Hall–Kier alpha value is -2.02. The minimum atomic E-state index is 0.708. The van der Waals surface area contributed by atoms with E-state index in [-0.39, 0.29) is 0 Å². The molecular formula is C10H10N6S. The molecule has 3 heterocycles. The lowest BCUT2D eigenvalue weighted by molar-refractivity contribution is 1.08. The van der Waals surface area contributed by atoms with Crippen LogP contribution in [0.2, 0.25) is 0 Å². The summed E-state index contributed by atoms with van der Waals surface area (Å²) in [4.78, 5) is 14.9. The van der Waals surface area contributed by atoms with Gasteiger partial charge in [-0.05, 0) is 23.7 Å². The van der Waals surface area contributed by atoms with Gasteiger partial charge in [0.05, 0.1) is 11.7 Å². The SMILES string of the molecule is CN(C)c1ccc2[nH]c(-c3cnns3)nc2n1. The van der Waals surface area contributed by atoms with Gasteiger partial charge >= 0.3 is 0 Å². The van der Waals surface area contributed by atoms with E-state index in [1.165, 1.54) is 11.5 Å². The minimum absolute atomic E-state index is 0.708. The molecule has 0 fully saturated rings. The molecule has 0 aliphatic carbocycles. The molecule has 0 aromatic carbocycles. The number of aromatic amines is 1.